The molecule has 7 nitrogen and oxygen atoms in total. The number of amides is 1. The molecule has 2 saturated heterocycles. The van der Waals surface area contributed by atoms with E-state index < -0.39 is 11.9 Å². The van der Waals surface area contributed by atoms with Crippen molar-refractivity contribution in [3.63, 3.8) is 0 Å². The van der Waals surface area contributed by atoms with Gasteiger partial charge in [0.1, 0.15) is 17.3 Å². The van der Waals surface area contributed by atoms with Crippen LogP contribution in [0.3, 0.4) is 0 Å². The maximum Gasteiger partial charge on any atom is 0.435 e. The second kappa shape index (κ2) is 9.93. The van der Waals surface area contributed by atoms with Crippen LogP contribution in [0.15, 0.2) is 35.7 Å². The number of hydrogen-bond donors (Lipinski definition) is 1. The Hall–Kier alpha value is -2.47. The Balaban J connectivity index is 1.06. The van der Waals surface area contributed by atoms with Crippen LogP contribution in [0.2, 0.25) is 5.15 Å². The van der Waals surface area contributed by atoms with Crippen molar-refractivity contribution in [2.75, 3.05) is 13.1 Å². The molecule has 1 spiro atoms. The highest BCUT2D eigenvalue weighted by atomic mass is 35.5. The average Bonchev–Trinajstić information content (AvgIpc) is 3.64. The van der Waals surface area contributed by atoms with Gasteiger partial charge in [-0.15, -0.1) is 11.3 Å². The first-order chi connectivity index (χ1) is 18.2. The molecule has 1 aliphatic carbocycles. The molecule has 1 aromatic carbocycles. The van der Waals surface area contributed by atoms with Crippen molar-refractivity contribution in [1.29, 1.82) is 0 Å². The fourth-order valence-corrected chi connectivity index (χ4v) is 7.10. The fourth-order valence-electron chi connectivity index (χ4n) is 5.86. The molecule has 0 radical (unpaired) electrons. The van der Waals surface area contributed by atoms with Crippen LogP contribution >= 0.6 is 22.9 Å². The smallest absolute Gasteiger partial charge is 0.341 e. The molecule has 3 aliphatic rings. The number of hydrogen-bond acceptors (Lipinski definition) is 6. The summed E-state index contributed by atoms with van der Waals surface area (Å²) < 4.78 is 39.6. The zero-order valence-corrected chi connectivity index (χ0v) is 22.1. The topological polar surface area (TPSA) is 72.3 Å². The van der Waals surface area contributed by atoms with E-state index in [1.165, 1.54) is 11.1 Å². The van der Waals surface area contributed by atoms with Gasteiger partial charge in [0, 0.05) is 36.9 Å². The van der Waals surface area contributed by atoms with Crippen LogP contribution in [-0.2, 0) is 34.4 Å². The second-order valence-electron chi connectivity index (χ2n) is 10.3. The molecule has 12 heteroatoms. The quantitative estimate of drug-likeness (QED) is 0.445. The van der Waals surface area contributed by atoms with Crippen LogP contribution in [0.4, 0.5) is 13.2 Å². The number of piperidine rings is 1. The summed E-state index contributed by atoms with van der Waals surface area (Å²) in [5.74, 6) is -0.0676. The summed E-state index contributed by atoms with van der Waals surface area (Å²) in [5.41, 5.74) is 5.46. The van der Waals surface area contributed by atoms with E-state index in [9.17, 15) is 18.0 Å². The lowest BCUT2D eigenvalue weighted by Crippen LogP contribution is -2.40. The standard InChI is InChI=1S/C26H27ClF3N5O2S/c27-22-12-21(26(28,29)30)32-35(22)14-23(36)34-10-7-17(8-11-34)24-31-20(15-38-24)19-13-25(37-33-19)9-3-5-16-4-1-2-6-18(16)25/h1-2,4,6,12,15,17,19,33H,3,5,7-11,13-14H2/t19?,25-/m1/s1. The van der Waals surface area contributed by atoms with Crippen LogP contribution in [-0.4, -0.2) is 38.7 Å². The zero-order valence-electron chi connectivity index (χ0n) is 20.5. The molecular formula is C26H27ClF3N5O2S. The molecule has 1 N–H and O–H groups in total. The van der Waals surface area contributed by atoms with Crippen LogP contribution in [0.5, 0.6) is 0 Å². The minimum Gasteiger partial charge on any atom is -0.341 e. The van der Waals surface area contributed by atoms with E-state index >= 15 is 0 Å². The highest BCUT2D eigenvalue weighted by Crippen LogP contribution is 2.48. The minimum atomic E-state index is -4.61. The first kappa shape index (κ1) is 25.8. The van der Waals surface area contributed by atoms with E-state index in [4.69, 9.17) is 21.4 Å². The Labute approximate surface area is 226 Å². The Bertz CT molecular complexity index is 1340. The van der Waals surface area contributed by atoms with Gasteiger partial charge in [0.15, 0.2) is 5.69 Å². The summed E-state index contributed by atoms with van der Waals surface area (Å²) in [6.45, 7) is 0.696. The monoisotopic (exact) mass is 565 g/mol. The van der Waals surface area contributed by atoms with Gasteiger partial charge in [-0.3, -0.25) is 9.63 Å². The summed E-state index contributed by atoms with van der Waals surface area (Å²) in [6, 6.07) is 9.28. The van der Waals surface area contributed by atoms with Gasteiger partial charge in [-0.1, -0.05) is 35.9 Å². The van der Waals surface area contributed by atoms with Crippen LogP contribution < -0.4 is 5.48 Å². The van der Waals surface area contributed by atoms with Crippen LogP contribution in [0.25, 0.3) is 0 Å². The zero-order chi connectivity index (χ0) is 26.5. The van der Waals surface area contributed by atoms with Gasteiger partial charge in [0.25, 0.3) is 0 Å². The number of aryl methyl sites for hydroxylation is 1. The molecule has 4 heterocycles. The van der Waals surface area contributed by atoms with Gasteiger partial charge in [0.2, 0.25) is 5.91 Å². The van der Waals surface area contributed by atoms with Crippen LogP contribution in [0.1, 0.15) is 71.6 Å². The van der Waals surface area contributed by atoms with E-state index in [1.54, 1.807) is 16.2 Å². The molecule has 38 heavy (non-hydrogen) atoms. The highest BCUT2D eigenvalue weighted by Gasteiger charge is 2.46. The van der Waals surface area contributed by atoms with E-state index in [-0.39, 0.29) is 35.2 Å². The number of alkyl halides is 3. The van der Waals surface area contributed by atoms with Gasteiger partial charge >= 0.3 is 6.18 Å². The molecule has 2 aromatic heterocycles. The number of thiazole rings is 1. The van der Waals surface area contributed by atoms with Gasteiger partial charge in [0.05, 0.1) is 16.7 Å². The molecule has 2 atom stereocenters. The molecule has 2 aliphatic heterocycles. The number of hydroxylamine groups is 1. The second-order valence-corrected chi connectivity index (χ2v) is 11.5. The third kappa shape index (κ3) is 4.85. The number of carbonyl (C=O) groups excluding carboxylic acids is 1. The first-order valence-corrected chi connectivity index (χ1v) is 14.0. The normalized spacial score (nSPS) is 24.2. The number of benzene rings is 1. The Morgan fingerprint density at radius 3 is 2.82 bits per heavy atom. The predicted molar refractivity (Wildman–Crippen MR) is 136 cm³/mol. The summed E-state index contributed by atoms with van der Waals surface area (Å²) >= 11 is 7.51. The molecule has 0 bridgehead atoms. The lowest BCUT2D eigenvalue weighted by Gasteiger charge is -2.33. The summed E-state index contributed by atoms with van der Waals surface area (Å²) in [6.07, 6.45) is 0.879. The number of aromatic nitrogens is 3. The Morgan fingerprint density at radius 2 is 2.05 bits per heavy atom. The van der Waals surface area contributed by atoms with Crippen molar-refractivity contribution in [2.45, 2.75) is 68.8 Å². The molecule has 202 valence electrons. The van der Waals surface area contributed by atoms with E-state index in [0.29, 0.717) is 13.1 Å². The van der Waals surface area contributed by atoms with Crippen molar-refractivity contribution in [2.24, 2.45) is 0 Å². The Morgan fingerprint density at radius 1 is 1.26 bits per heavy atom. The lowest BCUT2D eigenvalue weighted by atomic mass is 9.76. The van der Waals surface area contributed by atoms with Crippen molar-refractivity contribution >= 4 is 28.8 Å². The van der Waals surface area contributed by atoms with Crippen LogP contribution in [0, 0.1) is 0 Å². The largest absolute Gasteiger partial charge is 0.435 e. The number of likely N-dealkylation sites (tertiary alicyclic amines) is 1. The van der Waals surface area contributed by atoms with E-state index in [0.717, 1.165) is 60.0 Å². The number of halogens is 4. The number of nitrogens with zero attached hydrogens (tertiary/aromatic N) is 4. The summed E-state index contributed by atoms with van der Waals surface area (Å²) in [7, 11) is 0. The molecule has 2 fully saturated rings. The summed E-state index contributed by atoms with van der Waals surface area (Å²) in [4.78, 5) is 25.6. The number of nitrogens with one attached hydrogen (secondary N) is 1. The SMILES string of the molecule is O=C(Cn1nc(C(F)(F)F)cc1Cl)N1CCC(c2nc(C3C[C@@]4(CCCc5ccccc54)ON3)cs2)CC1. The molecule has 3 aromatic rings. The molecule has 6 rings (SSSR count). The molecule has 1 unspecified atom stereocenters. The van der Waals surface area contributed by atoms with Gasteiger partial charge in [-0.25, -0.2) is 9.67 Å². The minimum absolute atomic E-state index is 0.0215. The number of rotatable bonds is 4. The first-order valence-electron chi connectivity index (χ1n) is 12.8. The van der Waals surface area contributed by atoms with Crippen molar-refractivity contribution in [1.82, 2.24) is 25.1 Å². The highest BCUT2D eigenvalue weighted by molar-refractivity contribution is 7.09. The van der Waals surface area contributed by atoms with Gasteiger partial charge < -0.3 is 4.90 Å². The van der Waals surface area contributed by atoms with Crippen molar-refractivity contribution < 1.29 is 22.8 Å². The average molecular weight is 566 g/mol. The van der Waals surface area contributed by atoms with Gasteiger partial charge in [-0.2, -0.15) is 23.8 Å². The van der Waals surface area contributed by atoms with Gasteiger partial charge in [-0.05, 0) is 43.2 Å². The number of fused-ring (bicyclic) bond motifs is 2. The molecular weight excluding hydrogens is 539 g/mol. The lowest BCUT2D eigenvalue weighted by molar-refractivity contribution is -0.142. The maximum atomic E-state index is 12.9. The number of carbonyl (C=O) groups is 1. The third-order valence-electron chi connectivity index (χ3n) is 7.87. The Kier molecular flexibility index (Phi) is 6.74. The maximum absolute atomic E-state index is 12.9. The van der Waals surface area contributed by atoms with E-state index in [2.05, 4.69) is 40.2 Å². The third-order valence-corrected chi connectivity index (χ3v) is 9.19. The predicted octanol–water partition coefficient (Wildman–Crippen LogP) is 5.62. The molecule has 0 saturated carbocycles. The van der Waals surface area contributed by atoms with Crippen molar-refractivity contribution in [3.05, 3.63) is 68.4 Å². The van der Waals surface area contributed by atoms with Crippen molar-refractivity contribution in [3.8, 4) is 0 Å². The molecule has 1 amide bonds. The van der Waals surface area contributed by atoms with E-state index in [1.807, 2.05) is 0 Å². The fraction of sp³-hybridized carbons (Fsp3) is 0.500. The summed E-state index contributed by atoms with van der Waals surface area (Å²) in [5, 5.41) is 6.38.